The second-order valence-electron chi connectivity index (χ2n) is 5.76. The SMILES string of the molecule is COc1ccc(CCCNC(=O)CSCc2ccc(F)cc2)cc1OC. The van der Waals surface area contributed by atoms with Crippen LogP contribution in [0.3, 0.4) is 0 Å². The Morgan fingerprint density at radius 2 is 1.73 bits per heavy atom. The third-order valence-electron chi connectivity index (χ3n) is 3.83. The molecule has 0 unspecified atom stereocenters. The Morgan fingerprint density at radius 1 is 1.04 bits per heavy atom. The average molecular weight is 377 g/mol. The third kappa shape index (κ3) is 6.59. The Morgan fingerprint density at radius 3 is 2.42 bits per heavy atom. The number of rotatable bonds is 10. The summed E-state index contributed by atoms with van der Waals surface area (Å²) in [6.07, 6.45) is 1.70. The molecule has 0 saturated carbocycles. The van der Waals surface area contributed by atoms with Gasteiger partial charge >= 0.3 is 0 Å². The van der Waals surface area contributed by atoms with Gasteiger partial charge in [-0.15, -0.1) is 11.8 Å². The van der Waals surface area contributed by atoms with Crippen molar-refractivity contribution in [2.75, 3.05) is 26.5 Å². The number of hydrogen-bond acceptors (Lipinski definition) is 4. The van der Waals surface area contributed by atoms with Gasteiger partial charge in [-0.1, -0.05) is 18.2 Å². The van der Waals surface area contributed by atoms with Gasteiger partial charge in [0.2, 0.25) is 5.91 Å². The van der Waals surface area contributed by atoms with Crippen LogP contribution in [0.1, 0.15) is 17.5 Å². The van der Waals surface area contributed by atoms with E-state index in [9.17, 15) is 9.18 Å². The molecule has 0 atom stereocenters. The molecule has 2 rings (SSSR count). The Kier molecular flexibility index (Phi) is 8.28. The minimum absolute atomic E-state index is 0.0180. The number of halogens is 1. The van der Waals surface area contributed by atoms with Crippen molar-refractivity contribution in [3.63, 3.8) is 0 Å². The van der Waals surface area contributed by atoms with E-state index in [2.05, 4.69) is 5.32 Å². The fraction of sp³-hybridized carbons (Fsp3) is 0.350. The molecule has 0 aliphatic carbocycles. The molecule has 140 valence electrons. The van der Waals surface area contributed by atoms with Crippen LogP contribution in [0.25, 0.3) is 0 Å². The van der Waals surface area contributed by atoms with E-state index in [0.717, 1.165) is 24.0 Å². The summed E-state index contributed by atoms with van der Waals surface area (Å²) in [5.74, 6) is 2.29. The Labute approximate surface area is 158 Å². The molecule has 0 fully saturated rings. The van der Waals surface area contributed by atoms with E-state index in [1.165, 1.54) is 23.9 Å². The average Bonchev–Trinajstić information content (AvgIpc) is 2.66. The number of thioether (sulfide) groups is 1. The van der Waals surface area contributed by atoms with Gasteiger partial charge in [0.15, 0.2) is 11.5 Å². The molecule has 0 heterocycles. The van der Waals surface area contributed by atoms with Crippen LogP contribution in [0.15, 0.2) is 42.5 Å². The Balaban J connectivity index is 1.63. The van der Waals surface area contributed by atoms with Gasteiger partial charge in [-0.3, -0.25) is 4.79 Å². The molecule has 2 aromatic rings. The van der Waals surface area contributed by atoms with Gasteiger partial charge in [0.25, 0.3) is 0 Å². The van der Waals surface area contributed by atoms with Crippen LogP contribution in [0.2, 0.25) is 0 Å². The Hall–Kier alpha value is -2.21. The van der Waals surface area contributed by atoms with Gasteiger partial charge < -0.3 is 14.8 Å². The highest BCUT2D eigenvalue weighted by Gasteiger charge is 2.05. The highest BCUT2D eigenvalue weighted by atomic mass is 32.2. The molecule has 0 spiro atoms. The summed E-state index contributed by atoms with van der Waals surface area (Å²) in [7, 11) is 3.23. The molecule has 1 N–H and O–H groups in total. The van der Waals surface area contributed by atoms with Crippen molar-refractivity contribution < 1.29 is 18.7 Å². The highest BCUT2D eigenvalue weighted by Crippen LogP contribution is 2.27. The van der Waals surface area contributed by atoms with Crippen molar-refractivity contribution >= 4 is 17.7 Å². The fourth-order valence-electron chi connectivity index (χ4n) is 2.45. The number of aryl methyl sites for hydroxylation is 1. The summed E-state index contributed by atoms with van der Waals surface area (Å²) in [6.45, 7) is 0.629. The van der Waals surface area contributed by atoms with Crippen LogP contribution in [0.5, 0.6) is 11.5 Å². The number of benzene rings is 2. The lowest BCUT2D eigenvalue weighted by Crippen LogP contribution is -2.26. The zero-order valence-electron chi connectivity index (χ0n) is 15.1. The number of amides is 1. The van der Waals surface area contributed by atoms with Crippen molar-refractivity contribution in [1.29, 1.82) is 0 Å². The van der Waals surface area contributed by atoms with E-state index >= 15 is 0 Å². The van der Waals surface area contributed by atoms with Gasteiger partial charge in [0.1, 0.15) is 5.82 Å². The van der Waals surface area contributed by atoms with Crippen LogP contribution < -0.4 is 14.8 Å². The third-order valence-corrected chi connectivity index (χ3v) is 4.83. The topological polar surface area (TPSA) is 47.6 Å². The summed E-state index contributed by atoms with van der Waals surface area (Å²) >= 11 is 1.52. The van der Waals surface area contributed by atoms with E-state index in [0.29, 0.717) is 29.5 Å². The maximum absolute atomic E-state index is 12.8. The van der Waals surface area contributed by atoms with E-state index < -0.39 is 0 Å². The summed E-state index contributed by atoms with van der Waals surface area (Å²) < 4.78 is 23.3. The molecule has 0 radical (unpaired) electrons. The predicted molar refractivity (Wildman–Crippen MR) is 103 cm³/mol. The number of ether oxygens (including phenoxy) is 2. The quantitative estimate of drug-likeness (QED) is 0.640. The molecule has 0 bridgehead atoms. The molecule has 4 nitrogen and oxygen atoms in total. The number of methoxy groups -OCH3 is 2. The van der Waals surface area contributed by atoms with E-state index in [1.807, 2.05) is 18.2 Å². The molecule has 6 heteroatoms. The lowest BCUT2D eigenvalue weighted by atomic mass is 10.1. The first kappa shape index (κ1) is 20.1. The molecule has 0 aliphatic rings. The largest absolute Gasteiger partial charge is 0.493 e. The van der Waals surface area contributed by atoms with E-state index in [-0.39, 0.29) is 11.7 Å². The van der Waals surface area contributed by atoms with Gasteiger partial charge in [-0.25, -0.2) is 4.39 Å². The first-order valence-electron chi connectivity index (χ1n) is 8.42. The molecule has 1 amide bonds. The summed E-state index contributed by atoms with van der Waals surface area (Å²) in [5.41, 5.74) is 2.15. The van der Waals surface area contributed by atoms with Crippen molar-refractivity contribution in [3.05, 3.63) is 59.4 Å². The van der Waals surface area contributed by atoms with Crippen LogP contribution in [0.4, 0.5) is 4.39 Å². The fourth-order valence-corrected chi connectivity index (χ4v) is 3.27. The zero-order valence-corrected chi connectivity index (χ0v) is 15.9. The van der Waals surface area contributed by atoms with Crippen molar-refractivity contribution in [1.82, 2.24) is 5.32 Å². The number of nitrogens with one attached hydrogen (secondary N) is 1. The minimum atomic E-state index is -0.244. The first-order chi connectivity index (χ1) is 12.6. The molecule has 0 aromatic heterocycles. The minimum Gasteiger partial charge on any atom is -0.493 e. The van der Waals surface area contributed by atoms with Crippen molar-refractivity contribution in [2.24, 2.45) is 0 Å². The standard InChI is InChI=1S/C20H24FNO3S/c1-24-18-10-7-15(12-19(18)25-2)4-3-11-22-20(23)14-26-13-16-5-8-17(21)9-6-16/h5-10,12H,3-4,11,13-14H2,1-2H3,(H,22,23). The smallest absolute Gasteiger partial charge is 0.230 e. The number of hydrogen-bond donors (Lipinski definition) is 1. The Bertz CT molecular complexity index is 707. The van der Waals surface area contributed by atoms with Crippen LogP contribution in [-0.4, -0.2) is 32.4 Å². The lowest BCUT2D eigenvalue weighted by Gasteiger charge is -2.10. The second kappa shape index (κ2) is 10.7. The molecule has 0 aliphatic heterocycles. The zero-order chi connectivity index (χ0) is 18.8. The van der Waals surface area contributed by atoms with Gasteiger partial charge in [-0.05, 0) is 48.2 Å². The second-order valence-corrected chi connectivity index (χ2v) is 6.75. The van der Waals surface area contributed by atoms with E-state index in [1.54, 1.807) is 26.4 Å². The highest BCUT2D eigenvalue weighted by molar-refractivity contribution is 7.99. The van der Waals surface area contributed by atoms with E-state index in [4.69, 9.17) is 9.47 Å². The summed E-state index contributed by atoms with van der Waals surface area (Å²) in [6, 6.07) is 12.2. The van der Waals surface area contributed by atoms with Gasteiger partial charge in [0, 0.05) is 12.3 Å². The van der Waals surface area contributed by atoms with Crippen molar-refractivity contribution in [3.8, 4) is 11.5 Å². The lowest BCUT2D eigenvalue weighted by molar-refractivity contribution is -0.118. The van der Waals surface area contributed by atoms with Crippen LogP contribution in [-0.2, 0) is 17.0 Å². The first-order valence-corrected chi connectivity index (χ1v) is 9.57. The summed E-state index contributed by atoms with van der Waals surface area (Å²) in [4.78, 5) is 11.9. The van der Waals surface area contributed by atoms with Gasteiger partial charge in [-0.2, -0.15) is 0 Å². The number of carbonyl (C=O) groups is 1. The normalized spacial score (nSPS) is 10.4. The molecule has 2 aromatic carbocycles. The van der Waals surface area contributed by atoms with Crippen LogP contribution >= 0.6 is 11.8 Å². The monoisotopic (exact) mass is 377 g/mol. The molecule has 0 saturated heterocycles. The van der Waals surface area contributed by atoms with Crippen LogP contribution in [0, 0.1) is 5.82 Å². The molecular formula is C20H24FNO3S. The molecule has 26 heavy (non-hydrogen) atoms. The van der Waals surface area contributed by atoms with Gasteiger partial charge in [0.05, 0.1) is 20.0 Å². The molecular weight excluding hydrogens is 353 g/mol. The maximum atomic E-state index is 12.8. The number of carbonyl (C=O) groups excluding carboxylic acids is 1. The summed E-state index contributed by atoms with van der Waals surface area (Å²) in [5, 5.41) is 2.92. The predicted octanol–water partition coefficient (Wildman–Crippen LogP) is 3.83. The van der Waals surface area contributed by atoms with Crippen molar-refractivity contribution in [2.45, 2.75) is 18.6 Å². The maximum Gasteiger partial charge on any atom is 0.230 e.